The first kappa shape index (κ1) is 16.7. The van der Waals surface area contributed by atoms with Gasteiger partial charge in [-0.1, -0.05) is 30.3 Å². The summed E-state index contributed by atoms with van der Waals surface area (Å²) in [7, 11) is 0. The molecule has 0 unspecified atom stereocenters. The van der Waals surface area contributed by atoms with E-state index in [9.17, 15) is 9.59 Å². The lowest BCUT2D eigenvalue weighted by Crippen LogP contribution is -2.49. The van der Waals surface area contributed by atoms with Gasteiger partial charge in [-0.05, 0) is 40.8 Å². The van der Waals surface area contributed by atoms with Gasteiger partial charge in [0.05, 0.1) is 6.42 Å². The highest BCUT2D eigenvalue weighted by atomic mass is 32.1. The highest BCUT2D eigenvalue weighted by Gasteiger charge is 2.27. The molecule has 0 spiro atoms. The molecule has 2 heterocycles. The predicted molar refractivity (Wildman–Crippen MR) is 95.9 cm³/mol. The van der Waals surface area contributed by atoms with Gasteiger partial charge in [-0.3, -0.25) is 9.59 Å². The Morgan fingerprint density at radius 1 is 1.08 bits per heavy atom. The molecular weight excluding hydrogens is 320 g/mol. The van der Waals surface area contributed by atoms with E-state index in [-0.39, 0.29) is 11.8 Å². The fourth-order valence-electron chi connectivity index (χ4n) is 3.03. The van der Waals surface area contributed by atoms with E-state index in [0.717, 1.165) is 37.1 Å². The summed E-state index contributed by atoms with van der Waals surface area (Å²) >= 11 is 1.57. The van der Waals surface area contributed by atoms with E-state index < -0.39 is 6.04 Å². The summed E-state index contributed by atoms with van der Waals surface area (Å²) in [6.45, 7) is 1.59. The molecule has 1 N–H and O–H groups in total. The molecule has 5 heteroatoms. The first-order chi connectivity index (χ1) is 11.7. The summed E-state index contributed by atoms with van der Waals surface area (Å²) in [5, 5.41) is 6.88. The minimum absolute atomic E-state index is 0.0371. The predicted octanol–water partition coefficient (Wildman–Crippen LogP) is 2.64. The number of hydrogen-bond acceptors (Lipinski definition) is 3. The highest BCUT2D eigenvalue weighted by Crippen LogP contribution is 2.13. The molecule has 1 fully saturated rings. The van der Waals surface area contributed by atoms with Crippen molar-refractivity contribution in [2.24, 2.45) is 0 Å². The standard InChI is InChI=1S/C19H22N2O2S/c22-18(13-16-8-11-24-14-16)20-17(12-15-6-2-1-3-7-15)19(23)21-9-4-5-10-21/h1-3,6-8,11,14,17H,4-5,9-10,12-13H2,(H,20,22)/t17-/m1/s1. The van der Waals surface area contributed by atoms with E-state index in [4.69, 9.17) is 0 Å². The van der Waals surface area contributed by atoms with Crippen molar-refractivity contribution in [2.45, 2.75) is 31.7 Å². The number of amides is 2. The molecule has 1 aromatic carbocycles. The Hall–Kier alpha value is -2.14. The van der Waals surface area contributed by atoms with Gasteiger partial charge in [-0.25, -0.2) is 0 Å². The zero-order valence-electron chi connectivity index (χ0n) is 13.6. The molecule has 0 bridgehead atoms. The van der Waals surface area contributed by atoms with Crippen molar-refractivity contribution in [1.29, 1.82) is 0 Å². The molecule has 0 aliphatic carbocycles. The second kappa shape index (κ2) is 8.11. The van der Waals surface area contributed by atoms with Gasteiger partial charge in [0.15, 0.2) is 0 Å². The second-order valence-corrected chi connectivity index (χ2v) is 6.93. The zero-order valence-corrected chi connectivity index (χ0v) is 14.4. The largest absolute Gasteiger partial charge is 0.344 e. The number of carbonyl (C=O) groups is 2. The molecule has 0 saturated carbocycles. The van der Waals surface area contributed by atoms with Crippen LogP contribution in [0.5, 0.6) is 0 Å². The van der Waals surface area contributed by atoms with E-state index >= 15 is 0 Å². The van der Waals surface area contributed by atoms with Gasteiger partial charge in [0.25, 0.3) is 0 Å². The van der Waals surface area contributed by atoms with E-state index in [1.54, 1.807) is 11.3 Å². The Morgan fingerprint density at radius 3 is 2.50 bits per heavy atom. The third kappa shape index (κ3) is 4.45. The van der Waals surface area contributed by atoms with E-state index in [2.05, 4.69) is 5.32 Å². The number of nitrogens with one attached hydrogen (secondary N) is 1. The molecule has 1 aromatic heterocycles. The van der Waals surface area contributed by atoms with Crippen LogP contribution in [-0.2, 0) is 22.4 Å². The van der Waals surface area contributed by atoms with Crippen LogP contribution in [0.3, 0.4) is 0 Å². The summed E-state index contributed by atoms with van der Waals surface area (Å²) < 4.78 is 0. The first-order valence-corrected chi connectivity index (χ1v) is 9.30. The molecular formula is C19H22N2O2S. The van der Waals surface area contributed by atoms with Crippen LogP contribution in [0.4, 0.5) is 0 Å². The zero-order chi connectivity index (χ0) is 16.8. The highest BCUT2D eigenvalue weighted by molar-refractivity contribution is 7.08. The normalized spacial score (nSPS) is 15.2. The van der Waals surface area contributed by atoms with Crippen LogP contribution in [0.15, 0.2) is 47.2 Å². The van der Waals surface area contributed by atoms with Crippen molar-refractivity contribution in [3.63, 3.8) is 0 Å². The Morgan fingerprint density at radius 2 is 1.83 bits per heavy atom. The lowest BCUT2D eigenvalue weighted by Gasteiger charge is -2.24. The molecule has 1 aliphatic heterocycles. The van der Waals surface area contributed by atoms with Gasteiger partial charge >= 0.3 is 0 Å². The molecule has 1 saturated heterocycles. The Kier molecular flexibility index (Phi) is 5.64. The summed E-state index contributed by atoms with van der Waals surface area (Å²) in [6.07, 6.45) is 2.95. The summed E-state index contributed by atoms with van der Waals surface area (Å²) in [5.41, 5.74) is 2.05. The van der Waals surface area contributed by atoms with Crippen molar-refractivity contribution >= 4 is 23.2 Å². The summed E-state index contributed by atoms with van der Waals surface area (Å²) in [5.74, 6) is -0.0584. The molecule has 1 atom stereocenters. The Labute approximate surface area is 146 Å². The van der Waals surface area contributed by atoms with Crippen molar-refractivity contribution in [3.05, 3.63) is 58.3 Å². The van der Waals surface area contributed by atoms with Crippen LogP contribution in [0, 0.1) is 0 Å². The van der Waals surface area contributed by atoms with Crippen molar-refractivity contribution in [1.82, 2.24) is 10.2 Å². The van der Waals surface area contributed by atoms with Gasteiger partial charge in [0.1, 0.15) is 6.04 Å². The molecule has 0 radical (unpaired) electrons. The van der Waals surface area contributed by atoms with Gasteiger partial charge in [0.2, 0.25) is 11.8 Å². The average Bonchev–Trinajstić information content (AvgIpc) is 3.28. The van der Waals surface area contributed by atoms with E-state index in [0.29, 0.717) is 12.8 Å². The van der Waals surface area contributed by atoms with Crippen LogP contribution in [-0.4, -0.2) is 35.8 Å². The Bertz CT molecular complexity index is 664. The maximum atomic E-state index is 12.8. The third-order valence-electron chi connectivity index (χ3n) is 4.28. The van der Waals surface area contributed by atoms with Crippen molar-refractivity contribution in [2.75, 3.05) is 13.1 Å². The molecule has 24 heavy (non-hydrogen) atoms. The SMILES string of the molecule is O=C(Cc1ccsc1)N[C@H](Cc1ccccc1)C(=O)N1CCCC1. The maximum absolute atomic E-state index is 12.8. The van der Waals surface area contributed by atoms with E-state index in [1.807, 2.05) is 52.1 Å². The Balaban J connectivity index is 1.68. The molecule has 126 valence electrons. The quantitative estimate of drug-likeness (QED) is 0.877. The second-order valence-electron chi connectivity index (χ2n) is 6.15. The molecule has 2 amide bonds. The average molecular weight is 342 g/mol. The van der Waals surface area contributed by atoms with Gasteiger partial charge < -0.3 is 10.2 Å². The topological polar surface area (TPSA) is 49.4 Å². The molecule has 4 nitrogen and oxygen atoms in total. The van der Waals surface area contributed by atoms with Crippen LogP contribution in [0.2, 0.25) is 0 Å². The smallest absolute Gasteiger partial charge is 0.245 e. The maximum Gasteiger partial charge on any atom is 0.245 e. The fraction of sp³-hybridized carbons (Fsp3) is 0.368. The number of nitrogens with zero attached hydrogens (tertiary/aromatic N) is 1. The number of carbonyl (C=O) groups excluding carboxylic acids is 2. The minimum atomic E-state index is -0.489. The number of thiophene rings is 1. The third-order valence-corrected chi connectivity index (χ3v) is 5.01. The lowest BCUT2D eigenvalue weighted by atomic mass is 10.0. The van der Waals surface area contributed by atoms with Crippen LogP contribution >= 0.6 is 11.3 Å². The van der Waals surface area contributed by atoms with Crippen LogP contribution in [0.25, 0.3) is 0 Å². The first-order valence-electron chi connectivity index (χ1n) is 8.35. The van der Waals surface area contributed by atoms with Crippen LogP contribution in [0.1, 0.15) is 24.0 Å². The number of rotatable bonds is 6. The van der Waals surface area contributed by atoms with E-state index in [1.165, 1.54) is 0 Å². The van der Waals surface area contributed by atoms with Crippen molar-refractivity contribution in [3.8, 4) is 0 Å². The summed E-state index contributed by atoms with van der Waals surface area (Å²) in [6, 6.07) is 11.3. The molecule has 1 aliphatic rings. The monoisotopic (exact) mass is 342 g/mol. The molecule has 3 rings (SSSR count). The number of benzene rings is 1. The lowest BCUT2D eigenvalue weighted by molar-refractivity contribution is -0.135. The van der Waals surface area contributed by atoms with Gasteiger partial charge in [-0.15, -0.1) is 0 Å². The number of likely N-dealkylation sites (tertiary alicyclic amines) is 1. The number of hydrogen-bond donors (Lipinski definition) is 1. The van der Waals surface area contributed by atoms with Crippen LogP contribution < -0.4 is 5.32 Å². The summed E-state index contributed by atoms with van der Waals surface area (Å²) in [4.78, 5) is 27.0. The van der Waals surface area contributed by atoms with Gasteiger partial charge in [-0.2, -0.15) is 11.3 Å². The van der Waals surface area contributed by atoms with Crippen molar-refractivity contribution < 1.29 is 9.59 Å². The minimum Gasteiger partial charge on any atom is -0.344 e. The van der Waals surface area contributed by atoms with Gasteiger partial charge in [0, 0.05) is 19.5 Å². The molecule has 2 aromatic rings. The fourth-order valence-corrected chi connectivity index (χ4v) is 3.70.